The number of carbonyl (C=O) groups excluding carboxylic acids is 1. The Hall–Kier alpha value is -2.23. The molecule has 0 bridgehead atoms. The van der Waals surface area contributed by atoms with Crippen molar-refractivity contribution in [1.29, 1.82) is 0 Å². The van der Waals surface area contributed by atoms with E-state index in [-0.39, 0.29) is 6.42 Å². The largest absolute Gasteiger partial charge is 0.467 e. The van der Waals surface area contributed by atoms with Gasteiger partial charge < -0.3 is 9.84 Å². The Kier molecular flexibility index (Phi) is 10.9. The van der Waals surface area contributed by atoms with Crippen LogP contribution in [-0.2, 0) is 16.0 Å². The van der Waals surface area contributed by atoms with Crippen LogP contribution in [0.25, 0.3) is 0 Å². The van der Waals surface area contributed by atoms with Gasteiger partial charge in [0.05, 0.1) is 7.11 Å². The molecule has 0 heterocycles. The van der Waals surface area contributed by atoms with E-state index in [0.29, 0.717) is 0 Å². The highest BCUT2D eigenvalue weighted by atomic mass is 16.5. The first-order valence-corrected chi connectivity index (χ1v) is 9.01. The van der Waals surface area contributed by atoms with E-state index in [2.05, 4.69) is 35.3 Å². The molecule has 1 aromatic carbocycles. The van der Waals surface area contributed by atoms with Crippen LogP contribution in [0.3, 0.4) is 0 Å². The lowest BCUT2D eigenvalue weighted by molar-refractivity contribution is -0.150. The maximum Gasteiger partial charge on any atom is 0.335 e. The Bertz CT molecular complexity index is 623. The van der Waals surface area contributed by atoms with Crippen molar-refractivity contribution in [3.63, 3.8) is 0 Å². The van der Waals surface area contributed by atoms with E-state index in [1.54, 1.807) is 0 Å². The lowest BCUT2D eigenvalue weighted by Crippen LogP contribution is -2.24. The van der Waals surface area contributed by atoms with Crippen molar-refractivity contribution in [3.8, 4) is 23.7 Å². The number of ether oxygens (including phenoxy) is 1. The number of rotatable bonds is 9. The second-order valence-corrected chi connectivity index (χ2v) is 6.01. The highest BCUT2D eigenvalue weighted by Crippen LogP contribution is 2.07. The number of aliphatic hydroxyl groups is 1. The van der Waals surface area contributed by atoms with Gasteiger partial charge in [-0.05, 0) is 36.0 Å². The molecule has 0 fully saturated rings. The van der Waals surface area contributed by atoms with Crippen LogP contribution in [0.2, 0.25) is 0 Å². The Balaban J connectivity index is 2.33. The SMILES string of the molecule is CCCCCCCCC#CC#Cc1ccc(CC(O)C(=O)OC)cc1. The Morgan fingerprint density at radius 2 is 1.76 bits per heavy atom. The second kappa shape index (κ2) is 13.1. The fraction of sp³-hybridized carbons (Fsp3) is 0.500. The maximum atomic E-state index is 11.2. The van der Waals surface area contributed by atoms with Crippen molar-refractivity contribution in [2.75, 3.05) is 7.11 Å². The molecule has 3 heteroatoms. The smallest absolute Gasteiger partial charge is 0.335 e. The molecule has 0 amide bonds. The van der Waals surface area contributed by atoms with Crippen LogP contribution in [0.5, 0.6) is 0 Å². The zero-order valence-corrected chi connectivity index (χ0v) is 15.3. The molecule has 0 saturated heterocycles. The fourth-order valence-corrected chi connectivity index (χ4v) is 2.37. The first kappa shape index (κ1) is 20.8. The standard InChI is InChI=1S/C22H28O3/c1-3-4-5-6-7-8-9-10-11-12-13-19-14-16-20(17-15-19)18-21(23)22(24)25-2/h14-17,21,23H,3-9,18H2,1-2H3. The third-order valence-electron chi connectivity index (χ3n) is 3.87. The molecule has 1 rings (SSSR count). The Morgan fingerprint density at radius 3 is 2.44 bits per heavy atom. The van der Waals surface area contributed by atoms with Gasteiger partial charge >= 0.3 is 5.97 Å². The molecule has 134 valence electrons. The van der Waals surface area contributed by atoms with Gasteiger partial charge in [-0.3, -0.25) is 0 Å². The number of methoxy groups -OCH3 is 1. The van der Waals surface area contributed by atoms with Crippen molar-refractivity contribution in [1.82, 2.24) is 0 Å². The number of esters is 1. The van der Waals surface area contributed by atoms with Gasteiger partial charge in [0, 0.05) is 18.4 Å². The van der Waals surface area contributed by atoms with E-state index < -0.39 is 12.1 Å². The summed E-state index contributed by atoms with van der Waals surface area (Å²) in [6, 6.07) is 7.42. The third-order valence-corrected chi connectivity index (χ3v) is 3.87. The molecule has 1 aromatic rings. The number of carbonyl (C=O) groups is 1. The Morgan fingerprint density at radius 1 is 1.08 bits per heavy atom. The molecule has 1 atom stereocenters. The maximum absolute atomic E-state index is 11.2. The van der Waals surface area contributed by atoms with Gasteiger partial charge in [-0.2, -0.15) is 0 Å². The van der Waals surface area contributed by atoms with Crippen LogP contribution in [0.15, 0.2) is 24.3 Å². The summed E-state index contributed by atoms with van der Waals surface area (Å²) in [5.41, 5.74) is 1.72. The molecule has 0 aromatic heterocycles. The van der Waals surface area contributed by atoms with E-state index in [9.17, 15) is 9.90 Å². The average Bonchev–Trinajstić information content (AvgIpc) is 2.63. The van der Waals surface area contributed by atoms with E-state index >= 15 is 0 Å². The highest BCUT2D eigenvalue weighted by Gasteiger charge is 2.15. The summed E-state index contributed by atoms with van der Waals surface area (Å²) in [7, 11) is 1.26. The zero-order chi connectivity index (χ0) is 18.3. The number of benzene rings is 1. The summed E-state index contributed by atoms with van der Waals surface area (Å²) in [5.74, 6) is 11.2. The minimum atomic E-state index is -1.13. The topological polar surface area (TPSA) is 46.5 Å². The van der Waals surface area contributed by atoms with Crippen LogP contribution in [-0.4, -0.2) is 24.3 Å². The lowest BCUT2D eigenvalue weighted by Gasteiger charge is -2.07. The summed E-state index contributed by atoms with van der Waals surface area (Å²) in [4.78, 5) is 11.2. The van der Waals surface area contributed by atoms with E-state index in [0.717, 1.165) is 24.0 Å². The van der Waals surface area contributed by atoms with Crippen LogP contribution in [0.4, 0.5) is 0 Å². The Labute approximate surface area is 151 Å². The van der Waals surface area contributed by atoms with Gasteiger partial charge in [-0.25, -0.2) is 4.79 Å². The quantitative estimate of drug-likeness (QED) is 0.422. The summed E-state index contributed by atoms with van der Waals surface area (Å²) in [6.45, 7) is 2.23. The highest BCUT2D eigenvalue weighted by molar-refractivity contribution is 5.74. The summed E-state index contributed by atoms with van der Waals surface area (Å²) < 4.78 is 4.50. The molecular weight excluding hydrogens is 312 g/mol. The summed E-state index contributed by atoms with van der Waals surface area (Å²) in [5, 5.41) is 9.62. The van der Waals surface area contributed by atoms with Crippen LogP contribution in [0, 0.1) is 23.7 Å². The van der Waals surface area contributed by atoms with Crippen molar-refractivity contribution >= 4 is 5.97 Å². The number of hydrogen-bond donors (Lipinski definition) is 1. The van der Waals surface area contributed by atoms with Gasteiger partial charge in [0.2, 0.25) is 0 Å². The van der Waals surface area contributed by atoms with Crippen LogP contribution in [0.1, 0.15) is 63.0 Å². The molecule has 3 nitrogen and oxygen atoms in total. The molecule has 0 aliphatic carbocycles. The monoisotopic (exact) mass is 340 g/mol. The van der Waals surface area contributed by atoms with Gasteiger partial charge in [-0.1, -0.05) is 63.0 Å². The van der Waals surface area contributed by atoms with Gasteiger partial charge in [-0.15, -0.1) is 0 Å². The molecule has 0 aliphatic rings. The van der Waals surface area contributed by atoms with E-state index in [1.807, 2.05) is 24.3 Å². The summed E-state index contributed by atoms with van der Waals surface area (Å²) >= 11 is 0. The van der Waals surface area contributed by atoms with Crippen molar-refractivity contribution in [2.45, 2.75) is 64.4 Å². The molecule has 25 heavy (non-hydrogen) atoms. The van der Waals surface area contributed by atoms with Crippen LogP contribution < -0.4 is 0 Å². The number of hydrogen-bond acceptors (Lipinski definition) is 3. The van der Waals surface area contributed by atoms with Gasteiger partial charge in [0.15, 0.2) is 6.10 Å². The first-order chi connectivity index (χ1) is 12.2. The number of aliphatic hydroxyl groups excluding tert-OH is 1. The van der Waals surface area contributed by atoms with Crippen molar-refractivity contribution in [2.24, 2.45) is 0 Å². The minimum absolute atomic E-state index is 0.235. The second-order valence-electron chi connectivity index (χ2n) is 6.01. The molecule has 0 saturated carbocycles. The van der Waals surface area contributed by atoms with Crippen LogP contribution >= 0.6 is 0 Å². The number of unbranched alkanes of at least 4 members (excludes halogenated alkanes) is 6. The van der Waals surface area contributed by atoms with E-state index in [1.165, 1.54) is 39.2 Å². The minimum Gasteiger partial charge on any atom is -0.467 e. The predicted molar refractivity (Wildman–Crippen MR) is 101 cm³/mol. The third kappa shape index (κ3) is 9.60. The molecule has 1 unspecified atom stereocenters. The zero-order valence-electron chi connectivity index (χ0n) is 15.3. The fourth-order valence-electron chi connectivity index (χ4n) is 2.37. The van der Waals surface area contributed by atoms with Gasteiger partial charge in [0.25, 0.3) is 0 Å². The van der Waals surface area contributed by atoms with Gasteiger partial charge in [0.1, 0.15) is 0 Å². The molecular formula is C22H28O3. The van der Waals surface area contributed by atoms with E-state index in [4.69, 9.17) is 0 Å². The molecule has 0 spiro atoms. The molecule has 0 aliphatic heterocycles. The predicted octanol–water partition coefficient (Wildman–Crippen LogP) is 3.87. The average molecular weight is 340 g/mol. The first-order valence-electron chi connectivity index (χ1n) is 9.01. The normalized spacial score (nSPS) is 10.8. The molecule has 0 radical (unpaired) electrons. The van der Waals surface area contributed by atoms with Crippen molar-refractivity contribution in [3.05, 3.63) is 35.4 Å². The summed E-state index contributed by atoms with van der Waals surface area (Å²) in [6.07, 6.45) is 7.66. The van der Waals surface area contributed by atoms with Crippen molar-refractivity contribution < 1.29 is 14.6 Å². The lowest BCUT2D eigenvalue weighted by atomic mass is 10.1. The molecule has 1 N–H and O–H groups in total.